The van der Waals surface area contributed by atoms with Crippen LogP contribution < -0.4 is 11.4 Å². The fourth-order valence-corrected chi connectivity index (χ4v) is 9.70. The minimum atomic E-state index is -0.0419. The van der Waals surface area contributed by atoms with Crippen molar-refractivity contribution in [3.05, 3.63) is 44.8 Å². The summed E-state index contributed by atoms with van der Waals surface area (Å²) in [4.78, 5) is 28.2. The Morgan fingerprint density at radius 3 is 2.26 bits per heavy atom. The van der Waals surface area contributed by atoms with E-state index in [2.05, 4.69) is 39.0 Å². The van der Waals surface area contributed by atoms with Crippen LogP contribution in [0.1, 0.15) is 116 Å². The number of nitrogens with zero attached hydrogens (tertiary/aromatic N) is 3. The molecule has 7 atom stereocenters. The zero-order valence-electron chi connectivity index (χ0n) is 21.3. The first-order valence-corrected chi connectivity index (χ1v) is 14.2. The maximum Gasteiger partial charge on any atom is 0.348 e. The lowest BCUT2D eigenvalue weighted by Gasteiger charge is -2.60. The molecular weight excluding hydrogens is 422 g/mol. The number of aromatic nitrogens is 3. The third-order valence-electron chi connectivity index (χ3n) is 12.0. The second kappa shape index (κ2) is 6.91. The quantitative estimate of drug-likeness (QED) is 0.485. The van der Waals surface area contributed by atoms with E-state index < -0.39 is 0 Å². The largest absolute Gasteiger partial charge is 0.348 e. The van der Waals surface area contributed by atoms with Gasteiger partial charge in [-0.05, 0) is 55.3 Å². The molecule has 0 unspecified atom stereocenters. The molecule has 0 N–H and O–H groups in total. The standard InChI is InChI=1S/C29H41N3O2/c1-27(2)20-14-16-28(27,3)23(17-20)30-25(33)31-21-12-13-22(32(31)26(30)34)29-15-10-8-6-4-5-7-9-11-19(18-29)24(21)29/h12-13,18,20-24H,4-11,14-17H2,1-3H3/t20-,21-,22-,23-,24-,28-,29-/m0/s1. The summed E-state index contributed by atoms with van der Waals surface area (Å²) in [6.07, 6.45) is 21.9. The summed E-state index contributed by atoms with van der Waals surface area (Å²) in [5.41, 5.74) is 1.70. The van der Waals surface area contributed by atoms with E-state index in [0.717, 1.165) is 19.3 Å². The highest BCUT2D eigenvalue weighted by Crippen LogP contribution is 2.70. The second-order valence-electron chi connectivity index (χ2n) is 13.4. The topological polar surface area (TPSA) is 48.9 Å². The van der Waals surface area contributed by atoms with Gasteiger partial charge in [0.05, 0.1) is 12.1 Å². The van der Waals surface area contributed by atoms with E-state index in [1.165, 1.54) is 57.8 Å². The van der Waals surface area contributed by atoms with Crippen molar-refractivity contribution in [3.8, 4) is 0 Å². The normalized spacial score (nSPS) is 44.0. The highest BCUT2D eigenvalue weighted by Gasteiger charge is 2.64. The van der Waals surface area contributed by atoms with Gasteiger partial charge in [0.1, 0.15) is 0 Å². The van der Waals surface area contributed by atoms with E-state index in [4.69, 9.17) is 0 Å². The number of allylic oxidation sites excluding steroid dienone is 4. The molecule has 184 valence electrons. The number of fused-ring (bicyclic) bond motifs is 2. The van der Waals surface area contributed by atoms with Crippen LogP contribution in [-0.2, 0) is 0 Å². The summed E-state index contributed by atoms with van der Waals surface area (Å²) in [5.74, 6) is 1.01. The molecule has 2 saturated carbocycles. The molecule has 6 bridgehead atoms. The molecule has 2 aliphatic heterocycles. The molecule has 8 rings (SSSR count). The number of hydrogen-bond acceptors (Lipinski definition) is 2. The van der Waals surface area contributed by atoms with E-state index in [-0.39, 0.29) is 45.7 Å². The lowest BCUT2D eigenvalue weighted by molar-refractivity contribution is 0.0161. The van der Waals surface area contributed by atoms with Crippen LogP contribution in [0.2, 0.25) is 0 Å². The van der Waals surface area contributed by atoms with Gasteiger partial charge in [0.25, 0.3) is 0 Å². The van der Waals surface area contributed by atoms with Crippen molar-refractivity contribution in [1.82, 2.24) is 13.9 Å². The Balaban J connectivity index is 1.34. The van der Waals surface area contributed by atoms with E-state index in [9.17, 15) is 9.59 Å². The molecule has 3 heterocycles. The highest BCUT2D eigenvalue weighted by molar-refractivity contribution is 5.40. The molecule has 1 aromatic rings. The highest BCUT2D eigenvalue weighted by atomic mass is 16.2. The molecular formula is C29H41N3O2. The molecule has 1 spiro atoms. The van der Waals surface area contributed by atoms with Crippen LogP contribution in [0.25, 0.3) is 0 Å². The van der Waals surface area contributed by atoms with Crippen LogP contribution >= 0.6 is 0 Å². The molecule has 1 aromatic heterocycles. The second-order valence-corrected chi connectivity index (χ2v) is 13.4. The zero-order chi connectivity index (χ0) is 23.5. The van der Waals surface area contributed by atoms with Crippen molar-refractivity contribution >= 4 is 0 Å². The predicted molar refractivity (Wildman–Crippen MR) is 134 cm³/mol. The zero-order valence-corrected chi connectivity index (χ0v) is 21.3. The van der Waals surface area contributed by atoms with Crippen molar-refractivity contribution in [2.75, 3.05) is 0 Å². The number of hydrogen-bond donors (Lipinski definition) is 0. The van der Waals surface area contributed by atoms with Crippen molar-refractivity contribution in [2.45, 2.75) is 116 Å². The van der Waals surface area contributed by atoms with Gasteiger partial charge in [-0.25, -0.2) is 23.5 Å². The van der Waals surface area contributed by atoms with Crippen molar-refractivity contribution < 1.29 is 0 Å². The van der Waals surface area contributed by atoms with Gasteiger partial charge in [-0.2, -0.15) is 0 Å². The first-order valence-electron chi connectivity index (χ1n) is 14.2. The van der Waals surface area contributed by atoms with Gasteiger partial charge >= 0.3 is 11.4 Å². The monoisotopic (exact) mass is 463 g/mol. The minimum Gasteiger partial charge on any atom is -0.246 e. The molecule has 0 aromatic carbocycles. The summed E-state index contributed by atoms with van der Waals surface area (Å²) >= 11 is 0. The molecule has 5 aliphatic carbocycles. The van der Waals surface area contributed by atoms with Crippen LogP contribution in [0.4, 0.5) is 0 Å². The van der Waals surface area contributed by atoms with Gasteiger partial charge in [-0.3, -0.25) is 0 Å². The predicted octanol–water partition coefficient (Wildman–Crippen LogP) is 5.93. The first-order chi connectivity index (χ1) is 16.3. The Labute approximate surface area is 202 Å². The van der Waals surface area contributed by atoms with Gasteiger partial charge in [-0.15, -0.1) is 0 Å². The van der Waals surface area contributed by atoms with E-state index in [0.29, 0.717) is 11.8 Å². The van der Waals surface area contributed by atoms with Crippen LogP contribution in [-0.4, -0.2) is 13.9 Å². The van der Waals surface area contributed by atoms with Gasteiger partial charge in [-0.1, -0.05) is 83.1 Å². The smallest absolute Gasteiger partial charge is 0.246 e. The fourth-order valence-electron chi connectivity index (χ4n) is 9.70. The molecule has 7 aliphatic rings. The summed E-state index contributed by atoms with van der Waals surface area (Å²) in [6.45, 7) is 7.08. The van der Waals surface area contributed by atoms with Gasteiger partial charge in [0, 0.05) is 17.4 Å². The van der Waals surface area contributed by atoms with Crippen molar-refractivity contribution in [1.29, 1.82) is 0 Å². The lowest BCUT2D eigenvalue weighted by atomic mass is 9.50. The van der Waals surface area contributed by atoms with Crippen LogP contribution in [0.15, 0.2) is 33.4 Å². The average molecular weight is 464 g/mol. The van der Waals surface area contributed by atoms with Crippen LogP contribution in [0.5, 0.6) is 0 Å². The van der Waals surface area contributed by atoms with E-state index in [1.54, 1.807) is 10.1 Å². The lowest BCUT2D eigenvalue weighted by Crippen LogP contribution is -2.59. The fraction of sp³-hybridized carbons (Fsp3) is 0.793. The van der Waals surface area contributed by atoms with Crippen LogP contribution in [0, 0.1) is 28.1 Å². The third-order valence-corrected chi connectivity index (χ3v) is 12.0. The van der Waals surface area contributed by atoms with Gasteiger partial charge < -0.3 is 0 Å². The molecule has 5 nitrogen and oxygen atoms in total. The molecule has 0 amide bonds. The first kappa shape index (κ1) is 21.5. The Morgan fingerprint density at radius 2 is 1.56 bits per heavy atom. The summed E-state index contributed by atoms with van der Waals surface area (Å²) < 4.78 is 5.53. The summed E-state index contributed by atoms with van der Waals surface area (Å²) in [5, 5.41) is 0. The van der Waals surface area contributed by atoms with Crippen LogP contribution in [0.3, 0.4) is 0 Å². The third kappa shape index (κ3) is 2.38. The Bertz CT molecular complexity index is 1210. The van der Waals surface area contributed by atoms with Gasteiger partial charge in [0.2, 0.25) is 0 Å². The van der Waals surface area contributed by atoms with Crippen molar-refractivity contribution in [2.24, 2.45) is 28.1 Å². The Morgan fingerprint density at radius 1 is 0.853 bits per heavy atom. The SMILES string of the molecule is CC1(C)[C@H]2CC[C@@]1(C)[C@@H](n1c(=O)n3n(c1=O)[C@H]1C=C[C@H]3[C@@]34C=C(CCCCCCCCC3)[C@@H]14)C2. The average Bonchev–Trinajstić information content (AvgIpc) is 3.25. The van der Waals surface area contributed by atoms with E-state index >= 15 is 0 Å². The molecule has 2 fully saturated rings. The van der Waals surface area contributed by atoms with E-state index in [1.807, 2.05) is 9.36 Å². The molecule has 5 heteroatoms. The molecule has 0 radical (unpaired) electrons. The summed E-state index contributed by atoms with van der Waals surface area (Å²) in [7, 11) is 0. The number of rotatable bonds is 1. The maximum atomic E-state index is 14.1. The van der Waals surface area contributed by atoms with Crippen molar-refractivity contribution in [3.63, 3.8) is 0 Å². The molecule has 34 heavy (non-hydrogen) atoms. The maximum absolute atomic E-state index is 14.1. The minimum absolute atomic E-state index is 0.00459. The van der Waals surface area contributed by atoms with Gasteiger partial charge in [0.15, 0.2) is 0 Å². The Hall–Kier alpha value is -1.78. The summed E-state index contributed by atoms with van der Waals surface area (Å²) in [6, 6.07) is 0.0326. The Kier molecular flexibility index (Phi) is 4.37. The molecule has 0 saturated heterocycles.